The van der Waals surface area contributed by atoms with Crippen molar-refractivity contribution in [3.63, 3.8) is 0 Å². The lowest BCUT2D eigenvalue weighted by atomic mass is 9.95. The summed E-state index contributed by atoms with van der Waals surface area (Å²) >= 11 is 0. The third kappa shape index (κ3) is 3.02. The fourth-order valence-corrected chi connectivity index (χ4v) is 5.07. The Morgan fingerprint density at radius 3 is 2.50 bits per heavy atom. The van der Waals surface area contributed by atoms with E-state index in [4.69, 9.17) is 0 Å². The normalized spacial score (nSPS) is 25.9. The van der Waals surface area contributed by atoms with Gasteiger partial charge in [-0.15, -0.1) is 0 Å². The predicted molar refractivity (Wildman–Crippen MR) is 93.6 cm³/mol. The molecular weight excluding hydrogens is 326 g/mol. The molecule has 2 aliphatic rings. The van der Waals surface area contributed by atoms with Crippen molar-refractivity contribution in [3.05, 3.63) is 23.8 Å². The summed E-state index contributed by atoms with van der Waals surface area (Å²) in [6, 6.07) is 5.01. The highest BCUT2D eigenvalue weighted by Gasteiger charge is 2.40. The Labute approximate surface area is 143 Å². The number of fused-ring (bicyclic) bond motifs is 2. The molecule has 2 fully saturated rings. The smallest absolute Gasteiger partial charge is 0.251 e. The number of carbonyl (C=O) groups is 1. The second kappa shape index (κ2) is 6.37. The predicted octanol–water partition coefficient (Wildman–Crippen LogP) is 1.90. The maximum atomic E-state index is 12.6. The van der Waals surface area contributed by atoms with Crippen molar-refractivity contribution in [1.29, 1.82) is 0 Å². The third-order valence-electron chi connectivity index (χ3n) is 5.33. The topological polar surface area (TPSA) is 78.5 Å². The first-order chi connectivity index (χ1) is 11.3. The van der Waals surface area contributed by atoms with Crippen molar-refractivity contribution in [2.75, 3.05) is 26.5 Å². The molecule has 6 nitrogen and oxygen atoms in total. The van der Waals surface area contributed by atoms with Crippen molar-refractivity contribution >= 4 is 21.6 Å². The van der Waals surface area contributed by atoms with Crippen molar-refractivity contribution in [2.24, 2.45) is 11.8 Å². The van der Waals surface area contributed by atoms with E-state index >= 15 is 0 Å². The van der Waals surface area contributed by atoms with Crippen molar-refractivity contribution in [2.45, 2.75) is 36.6 Å². The number of sulfonamides is 1. The van der Waals surface area contributed by atoms with Gasteiger partial charge < -0.3 is 10.6 Å². The lowest BCUT2D eigenvalue weighted by Crippen LogP contribution is -2.38. The number of hydrogen-bond donors (Lipinski definition) is 2. The van der Waals surface area contributed by atoms with Crippen LogP contribution in [0.1, 0.15) is 36.0 Å². The van der Waals surface area contributed by atoms with Gasteiger partial charge in [-0.25, -0.2) is 12.7 Å². The molecule has 1 aromatic carbocycles. The summed E-state index contributed by atoms with van der Waals surface area (Å²) in [7, 11) is 1.01. The maximum absolute atomic E-state index is 12.6. The van der Waals surface area contributed by atoms with Crippen molar-refractivity contribution < 1.29 is 13.2 Å². The van der Waals surface area contributed by atoms with Gasteiger partial charge in [0.2, 0.25) is 10.0 Å². The van der Waals surface area contributed by atoms with E-state index in [2.05, 4.69) is 10.6 Å². The van der Waals surface area contributed by atoms with E-state index in [9.17, 15) is 13.2 Å². The van der Waals surface area contributed by atoms with Gasteiger partial charge in [-0.05, 0) is 49.3 Å². The summed E-state index contributed by atoms with van der Waals surface area (Å²) in [6.45, 7) is 0. The standard InChI is InChI=1S/C17H25N3O3S/c1-18-14-7-6-13(10-16(14)24(22,23)20(2)3)17(21)19-15-9-11-4-5-12(15)8-11/h6-7,10-12,15,18H,4-5,8-9H2,1-3H3,(H,19,21)/t11-,12-,15-/m1/s1. The van der Waals surface area contributed by atoms with Crippen LogP contribution in [-0.4, -0.2) is 45.8 Å². The van der Waals surface area contributed by atoms with Gasteiger partial charge in [0.05, 0.1) is 5.69 Å². The number of rotatable bonds is 5. The molecule has 2 saturated carbocycles. The molecule has 3 rings (SSSR count). The highest BCUT2D eigenvalue weighted by molar-refractivity contribution is 7.89. The van der Waals surface area contributed by atoms with Crippen LogP contribution < -0.4 is 10.6 Å². The van der Waals surface area contributed by atoms with Gasteiger partial charge in [-0.3, -0.25) is 4.79 Å². The molecule has 0 radical (unpaired) electrons. The van der Waals surface area contributed by atoms with Crippen LogP contribution in [0.15, 0.2) is 23.1 Å². The van der Waals surface area contributed by atoms with Gasteiger partial charge in [0, 0.05) is 32.7 Å². The van der Waals surface area contributed by atoms with E-state index in [0.29, 0.717) is 17.2 Å². The monoisotopic (exact) mass is 351 g/mol. The second-order valence-electron chi connectivity index (χ2n) is 7.00. The molecule has 3 atom stereocenters. The average molecular weight is 351 g/mol. The SMILES string of the molecule is CNc1ccc(C(=O)N[C@@H]2C[C@@H]3CC[C@@H]2C3)cc1S(=O)(=O)N(C)C. The zero-order valence-electron chi connectivity index (χ0n) is 14.4. The Morgan fingerprint density at radius 2 is 1.96 bits per heavy atom. The number of anilines is 1. The quantitative estimate of drug-likeness (QED) is 0.849. The first kappa shape index (κ1) is 17.2. The van der Waals surface area contributed by atoms with Crippen LogP contribution >= 0.6 is 0 Å². The number of nitrogens with zero attached hydrogens (tertiary/aromatic N) is 1. The van der Waals surface area contributed by atoms with Gasteiger partial charge in [0.25, 0.3) is 5.91 Å². The minimum absolute atomic E-state index is 0.121. The Kier molecular flexibility index (Phi) is 4.57. The van der Waals surface area contributed by atoms with E-state index in [1.54, 1.807) is 19.2 Å². The van der Waals surface area contributed by atoms with Gasteiger partial charge in [0.15, 0.2) is 0 Å². The van der Waals surface area contributed by atoms with Crippen molar-refractivity contribution in [1.82, 2.24) is 9.62 Å². The van der Waals surface area contributed by atoms with Crippen molar-refractivity contribution in [3.8, 4) is 0 Å². The molecular formula is C17H25N3O3S. The first-order valence-electron chi connectivity index (χ1n) is 8.38. The molecule has 0 unspecified atom stereocenters. The van der Waals surface area contributed by atoms with E-state index in [1.807, 2.05) is 0 Å². The van der Waals surface area contributed by atoms with Gasteiger partial charge in [-0.1, -0.05) is 6.42 Å². The number of hydrogen-bond acceptors (Lipinski definition) is 4. The number of benzene rings is 1. The van der Waals surface area contributed by atoms with Gasteiger partial charge in [-0.2, -0.15) is 0 Å². The van der Waals surface area contributed by atoms with Gasteiger partial charge in [0.1, 0.15) is 4.90 Å². The van der Waals surface area contributed by atoms with Crippen LogP contribution in [0.4, 0.5) is 5.69 Å². The molecule has 2 N–H and O–H groups in total. The second-order valence-corrected chi connectivity index (χ2v) is 9.12. The van der Waals surface area contributed by atoms with Crippen LogP contribution in [0.2, 0.25) is 0 Å². The van der Waals surface area contributed by atoms with Crippen LogP contribution in [0.5, 0.6) is 0 Å². The zero-order chi connectivity index (χ0) is 17.5. The van der Waals surface area contributed by atoms with E-state index in [-0.39, 0.29) is 16.8 Å². The van der Waals surface area contributed by atoms with E-state index in [1.165, 1.54) is 39.4 Å². The Hall–Kier alpha value is -1.60. The summed E-state index contributed by atoms with van der Waals surface area (Å²) in [5.74, 6) is 1.14. The average Bonchev–Trinajstić information content (AvgIpc) is 3.16. The molecule has 2 bridgehead atoms. The summed E-state index contributed by atoms with van der Waals surface area (Å²) in [5, 5.41) is 5.98. The number of carbonyl (C=O) groups excluding carboxylic acids is 1. The molecule has 24 heavy (non-hydrogen) atoms. The molecule has 7 heteroatoms. The molecule has 0 saturated heterocycles. The summed E-state index contributed by atoms with van der Waals surface area (Å²) in [6.07, 6.45) is 4.73. The lowest BCUT2D eigenvalue weighted by molar-refractivity contribution is 0.0922. The number of amides is 1. The summed E-state index contributed by atoms with van der Waals surface area (Å²) < 4.78 is 26.1. The molecule has 132 valence electrons. The molecule has 0 spiro atoms. The van der Waals surface area contributed by atoms with E-state index < -0.39 is 10.0 Å². The summed E-state index contributed by atoms with van der Waals surface area (Å²) in [5.41, 5.74) is 0.873. The van der Waals surface area contributed by atoms with Crippen LogP contribution in [0, 0.1) is 11.8 Å². The summed E-state index contributed by atoms with van der Waals surface area (Å²) in [4.78, 5) is 12.7. The Morgan fingerprint density at radius 1 is 1.21 bits per heavy atom. The molecule has 0 aliphatic heterocycles. The molecule has 1 aromatic rings. The zero-order valence-corrected chi connectivity index (χ0v) is 15.2. The van der Waals surface area contributed by atoms with E-state index in [0.717, 1.165) is 16.6 Å². The highest BCUT2D eigenvalue weighted by Crippen LogP contribution is 2.44. The Balaban J connectivity index is 1.84. The van der Waals surface area contributed by atoms with Gasteiger partial charge >= 0.3 is 0 Å². The third-order valence-corrected chi connectivity index (χ3v) is 7.18. The van der Waals surface area contributed by atoms with Crippen LogP contribution in [0.3, 0.4) is 0 Å². The fourth-order valence-electron chi connectivity index (χ4n) is 3.95. The molecule has 2 aliphatic carbocycles. The Bertz CT molecular complexity index is 745. The lowest BCUT2D eigenvalue weighted by Gasteiger charge is -2.23. The number of nitrogens with one attached hydrogen (secondary N) is 2. The van der Waals surface area contributed by atoms with Crippen LogP contribution in [-0.2, 0) is 10.0 Å². The fraction of sp³-hybridized carbons (Fsp3) is 0.588. The van der Waals surface area contributed by atoms with Crippen LogP contribution in [0.25, 0.3) is 0 Å². The molecule has 1 amide bonds. The minimum atomic E-state index is -3.62. The largest absolute Gasteiger partial charge is 0.387 e. The minimum Gasteiger partial charge on any atom is -0.387 e. The molecule has 0 aromatic heterocycles. The first-order valence-corrected chi connectivity index (χ1v) is 9.82. The highest BCUT2D eigenvalue weighted by atomic mass is 32.2. The molecule has 0 heterocycles. The maximum Gasteiger partial charge on any atom is 0.251 e.